The second-order valence-electron chi connectivity index (χ2n) is 6.42. The predicted octanol–water partition coefficient (Wildman–Crippen LogP) is 4.41. The molecule has 106 valence electrons. The molecule has 0 spiro atoms. The molecule has 18 heavy (non-hydrogen) atoms. The van der Waals surface area contributed by atoms with Crippen molar-refractivity contribution in [3.8, 4) is 0 Å². The maximum absolute atomic E-state index is 13.0. The van der Waals surface area contributed by atoms with Crippen LogP contribution in [0.4, 0.5) is 8.78 Å². The number of rotatable bonds is 4. The van der Waals surface area contributed by atoms with Crippen molar-refractivity contribution in [2.75, 3.05) is 6.61 Å². The van der Waals surface area contributed by atoms with Gasteiger partial charge in [-0.25, -0.2) is 0 Å². The number of hydrogen-bond acceptors (Lipinski definition) is 3. The van der Waals surface area contributed by atoms with E-state index in [1.807, 2.05) is 6.92 Å². The summed E-state index contributed by atoms with van der Waals surface area (Å²) in [4.78, 5) is 0. The van der Waals surface area contributed by atoms with Gasteiger partial charge in [-0.1, -0.05) is 6.92 Å². The molecule has 0 amide bonds. The Balaban J connectivity index is 1.92. The molecular weight excluding hydrogens is 258 g/mol. The molecule has 1 N–H and O–H groups in total. The molecule has 0 radical (unpaired) electrons. The maximum atomic E-state index is 13.0. The lowest BCUT2D eigenvalue weighted by molar-refractivity contribution is -0.135. The normalized spacial score (nSPS) is 40.8. The van der Waals surface area contributed by atoms with Crippen LogP contribution < -0.4 is 0 Å². The van der Waals surface area contributed by atoms with Crippen LogP contribution in [0, 0.1) is 17.8 Å². The fraction of sp³-hybridized carbons (Fsp3) is 1.00. The zero-order valence-corrected chi connectivity index (χ0v) is 11.8. The largest absolute Gasteiger partial charge is 0.368 e. The molecule has 2 aliphatic carbocycles. The third-order valence-corrected chi connectivity index (χ3v) is 4.69. The van der Waals surface area contributed by atoms with Crippen LogP contribution in [0.15, 0.2) is 0 Å². The summed E-state index contributed by atoms with van der Waals surface area (Å²) in [5, 5.41) is -3.19. The van der Waals surface area contributed by atoms with Crippen molar-refractivity contribution in [3.63, 3.8) is 0 Å². The Morgan fingerprint density at radius 1 is 1.28 bits per heavy atom. The van der Waals surface area contributed by atoms with Gasteiger partial charge in [0.05, 0.1) is 17.6 Å². The fourth-order valence-corrected chi connectivity index (χ4v) is 4.05. The summed E-state index contributed by atoms with van der Waals surface area (Å²) in [7, 11) is 0. The topological polar surface area (TPSA) is 29.5 Å². The smallest absolute Gasteiger partial charge is 0.340 e. The second kappa shape index (κ2) is 5.25. The summed E-state index contributed by atoms with van der Waals surface area (Å²) in [6.07, 6.45) is 5.37. The molecule has 0 saturated heterocycles. The third kappa shape index (κ3) is 3.58. The highest BCUT2D eigenvalue weighted by Crippen LogP contribution is 2.48. The summed E-state index contributed by atoms with van der Waals surface area (Å²) < 4.78 is 40.0. The van der Waals surface area contributed by atoms with Crippen LogP contribution in [0.5, 0.6) is 0 Å². The van der Waals surface area contributed by atoms with Crippen molar-refractivity contribution in [1.29, 1.82) is 0 Å². The van der Waals surface area contributed by atoms with Crippen LogP contribution in [-0.2, 0) is 4.74 Å². The molecule has 2 atom stereocenters. The monoisotopic (exact) mass is 280 g/mol. The molecule has 2 rings (SSSR count). The molecule has 0 heterocycles. The van der Waals surface area contributed by atoms with Gasteiger partial charge in [-0.05, 0) is 56.8 Å². The molecular formula is C13H22F2O2S. The van der Waals surface area contributed by atoms with Gasteiger partial charge in [0.2, 0.25) is 0 Å². The average Bonchev–Trinajstić information content (AvgIpc) is 2.25. The van der Waals surface area contributed by atoms with Crippen molar-refractivity contribution in [2.45, 2.75) is 56.8 Å². The lowest BCUT2D eigenvalue weighted by Crippen LogP contribution is -2.44. The molecule has 0 aromatic rings. The Morgan fingerprint density at radius 2 is 1.83 bits per heavy atom. The van der Waals surface area contributed by atoms with Crippen LogP contribution >= 0.6 is 12.0 Å². The Bertz CT molecular complexity index is 281. The first-order valence-electron chi connectivity index (χ1n) is 6.66. The Hall–Kier alpha value is 0.130. The van der Waals surface area contributed by atoms with Gasteiger partial charge in [-0.2, -0.15) is 8.78 Å². The quantitative estimate of drug-likeness (QED) is 0.774. The van der Waals surface area contributed by atoms with E-state index < -0.39 is 29.5 Å². The van der Waals surface area contributed by atoms with Gasteiger partial charge in [0, 0.05) is 0 Å². The molecule has 0 aromatic carbocycles. The van der Waals surface area contributed by atoms with E-state index in [0.29, 0.717) is 11.8 Å². The highest BCUT2D eigenvalue weighted by molar-refractivity contribution is 7.94. The maximum Gasteiger partial charge on any atom is 0.340 e. The molecule has 2 bridgehead atoms. The summed E-state index contributed by atoms with van der Waals surface area (Å²) >= 11 is -0.422. The number of fused-ring (bicyclic) bond motifs is 2. The zero-order chi connectivity index (χ0) is 13.4. The molecule has 2 nitrogen and oxygen atoms in total. The van der Waals surface area contributed by atoms with Crippen molar-refractivity contribution >= 4 is 12.0 Å². The first-order valence-corrected chi connectivity index (χ1v) is 7.43. The predicted molar refractivity (Wildman–Crippen MR) is 68.8 cm³/mol. The van der Waals surface area contributed by atoms with E-state index >= 15 is 0 Å². The van der Waals surface area contributed by atoms with Crippen molar-refractivity contribution in [2.24, 2.45) is 17.8 Å². The summed E-state index contributed by atoms with van der Waals surface area (Å²) in [5.74, 6) is 1.99. The lowest BCUT2D eigenvalue weighted by atomic mass is 9.64. The SMILES string of the molecule is CC1CC2CC(C1)CC(C)(OCC(F)(F)SO)C2. The fourth-order valence-electron chi connectivity index (χ4n) is 3.94. The van der Waals surface area contributed by atoms with E-state index in [2.05, 4.69) is 6.92 Å². The summed E-state index contributed by atoms with van der Waals surface area (Å²) in [5.41, 5.74) is -0.438. The number of alkyl halides is 2. The summed E-state index contributed by atoms with van der Waals surface area (Å²) in [6, 6.07) is 0. The van der Waals surface area contributed by atoms with Crippen LogP contribution in [0.25, 0.3) is 0 Å². The molecule has 2 fully saturated rings. The number of halogens is 2. The van der Waals surface area contributed by atoms with Gasteiger partial charge in [0.15, 0.2) is 0 Å². The first-order chi connectivity index (χ1) is 8.32. The van der Waals surface area contributed by atoms with Crippen molar-refractivity contribution in [3.05, 3.63) is 0 Å². The van der Waals surface area contributed by atoms with Gasteiger partial charge in [0.1, 0.15) is 6.61 Å². The molecule has 0 aromatic heterocycles. The minimum absolute atomic E-state index is 0.422. The van der Waals surface area contributed by atoms with Crippen LogP contribution in [-0.4, -0.2) is 22.0 Å². The van der Waals surface area contributed by atoms with Gasteiger partial charge in [-0.3, -0.25) is 0 Å². The van der Waals surface area contributed by atoms with Gasteiger partial charge >= 0.3 is 5.25 Å². The highest BCUT2D eigenvalue weighted by atomic mass is 32.2. The minimum Gasteiger partial charge on any atom is -0.368 e. The van der Waals surface area contributed by atoms with Crippen LogP contribution in [0.1, 0.15) is 46.0 Å². The van der Waals surface area contributed by atoms with Crippen molar-refractivity contribution in [1.82, 2.24) is 0 Å². The second-order valence-corrected chi connectivity index (χ2v) is 7.20. The van der Waals surface area contributed by atoms with Crippen molar-refractivity contribution < 1.29 is 18.1 Å². The van der Waals surface area contributed by atoms with Gasteiger partial charge in [0.25, 0.3) is 0 Å². The van der Waals surface area contributed by atoms with Gasteiger partial charge < -0.3 is 9.29 Å². The zero-order valence-electron chi connectivity index (χ0n) is 11.0. The Labute approximate surface area is 112 Å². The van der Waals surface area contributed by atoms with E-state index in [4.69, 9.17) is 9.29 Å². The molecule has 2 unspecified atom stereocenters. The molecule has 0 aliphatic heterocycles. The van der Waals surface area contributed by atoms with Gasteiger partial charge in [-0.15, -0.1) is 0 Å². The van der Waals surface area contributed by atoms with E-state index in [9.17, 15) is 8.78 Å². The third-order valence-electron chi connectivity index (χ3n) is 4.30. The van der Waals surface area contributed by atoms with E-state index in [-0.39, 0.29) is 0 Å². The van der Waals surface area contributed by atoms with Crippen LogP contribution in [0.2, 0.25) is 0 Å². The number of ether oxygens (including phenoxy) is 1. The Morgan fingerprint density at radius 3 is 2.33 bits per heavy atom. The average molecular weight is 280 g/mol. The standard InChI is InChI=1S/C13H22F2O2S/c1-9-3-10-5-11(4-9)7-12(2,6-10)17-8-13(14,15)18-16/h9-11,16H,3-8H2,1-2H3. The van der Waals surface area contributed by atoms with E-state index in [0.717, 1.165) is 18.8 Å². The minimum atomic E-state index is -3.19. The highest BCUT2D eigenvalue weighted by Gasteiger charge is 2.43. The van der Waals surface area contributed by atoms with E-state index in [1.54, 1.807) is 0 Å². The molecule has 2 aliphatic rings. The molecule has 2 saturated carbocycles. The summed E-state index contributed by atoms with van der Waals surface area (Å²) in [6.45, 7) is 3.53. The lowest BCUT2D eigenvalue weighted by Gasteiger charge is -2.47. The van der Waals surface area contributed by atoms with E-state index in [1.165, 1.54) is 19.3 Å². The molecule has 5 heteroatoms. The number of hydrogen-bond donors (Lipinski definition) is 1. The Kier molecular flexibility index (Phi) is 4.24. The van der Waals surface area contributed by atoms with Crippen LogP contribution in [0.3, 0.4) is 0 Å². The first kappa shape index (κ1) is 14.5.